The zero-order valence-electron chi connectivity index (χ0n) is 9.62. The van der Waals surface area contributed by atoms with E-state index in [1.54, 1.807) is 42.5 Å². The fourth-order valence-corrected chi connectivity index (χ4v) is 2.71. The van der Waals surface area contributed by atoms with Gasteiger partial charge in [-0.2, -0.15) is 0 Å². The molecule has 1 heterocycles. The van der Waals surface area contributed by atoms with Crippen LogP contribution < -0.4 is 4.31 Å². The van der Waals surface area contributed by atoms with Gasteiger partial charge in [0.25, 0.3) is 10.0 Å². The number of nitrogens with zero attached hydrogens (tertiary/aromatic N) is 2. The van der Waals surface area contributed by atoms with E-state index in [4.69, 9.17) is 11.6 Å². The van der Waals surface area contributed by atoms with E-state index in [0.29, 0.717) is 10.8 Å². The minimum Gasteiger partial charge on any atom is -0.253 e. The van der Waals surface area contributed by atoms with Crippen molar-refractivity contribution in [3.05, 3.63) is 53.7 Å². The normalized spacial score (nSPS) is 11.2. The number of pyridine rings is 1. The number of aromatic nitrogens is 1. The van der Waals surface area contributed by atoms with Gasteiger partial charge in [0.15, 0.2) is 0 Å². The van der Waals surface area contributed by atoms with Crippen LogP contribution in [0.3, 0.4) is 0 Å². The molecule has 94 valence electrons. The number of benzene rings is 1. The molecule has 1 aromatic carbocycles. The second-order valence-corrected chi connectivity index (χ2v) is 6.03. The van der Waals surface area contributed by atoms with E-state index < -0.39 is 10.0 Å². The molecule has 0 atom stereocenters. The van der Waals surface area contributed by atoms with Gasteiger partial charge in [0, 0.05) is 13.2 Å². The molecule has 18 heavy (non-hydrogen) atoms. The van der Waals surface area contributed by atoms with Crippen molar-refractivity contribution in [2.45, 2.75) is 4.90 Å². The van der Waals surface area contributed by atoms with Crippen molar-refractivity contribution in [2.75, 3.05) is 11.4 Å². The predicted molar refractivity (Wildman–Crippen MR) is 71.3 cm³/mol. The maximum atomic E-state index is 12.3. The zero-order chi connectivity index (χ0) is 13.2. The first-order valence-electron chi connectivity index (χ1n) is 5.17. The number of anilines is 1. The van der Waals surface area contributed by atoms with Crippen molar-refractivity contribution >= 4 is 27.4 Å². The van der Waals surface area contributed by atoms with Crippen LogP contribution >= 0.6 is 11.6 Å². The maximum absolute atomic E-state index is 12.3. The summed E-state index contributed by atoms with van der Waals surface area (Å²) in [6, 6.07) is 11.4. The number of halogens is 1. The summed E-state index contributed by atoms with van der Waals surface area (Å²) in [5.41, 5.74) is 0. The van der Waals surface area contributed by atoms with Crippen LogP contribution in [0.1, 0.15) is 0 Å². The maximum Gasteiger partial charge on any atom is 0.265 e. The SMILES string of the molecule is CN(c1ccc(Cl)cn1)S(=O)(=O)c1ccccc1. The highest BCUT2D eigenvalue weighted by Crippen LogP contribution is 2.20. The van der Waals surface area contributed by atoms with Crippen LogP contribution in [-0.2, 0) is 10.0 Å². The third-order valence-corrected chi connectivity index (χ3v) is 4.44. The standard InChI is InChI=1S/C12H11ClN2O2S/c1-15(12-8-7-10(13)9-14-12)18(16,17)11-5-3-2-4-6-11/h2-9H,1H3. The van der Waals surface area contributed by atoms with Gasteiger partial charge < -0.3 is 0 Å². The quantitative estimate of drug-likeness (QED) is 0.869. The predicted octanol–water partition coefficient (Wildman–Crippen LogP) is 2.56. The van der Waals surface area contributed by atoms with Crippen molar-refractivity contribution < 1.29 is 8.42 Å². The Labute approximate surface area is 111 Å². The molecule has 2 aromatic rings. The number of hydrogen-bond acceptors (Lipinski definition) is 3. The molecule has 0 spiro atoms. The summed E-state index contributed by atoms with van der Waals surface area (Å²) >= 11 is 5.72. The Bertz CT molecular complexity index is 627. The second-order valence-electron chi connectivity index (χ2n) is 3.62. The molecule has 0 aliphatic carbocycles. The topological polar surface area (TPSA) is 50.3 Å². The van der Waals surface area contributed by atoms with Gasteiger partial charge in [-0.05, 0) is 24.3 Å². The second kappa shape index (κ2) is 4.96. The van der Waals surface area contributed by atoms with Crippen molar-refractivity contribution in [1.82, 2.24) is 4.98 Å². The lowest BCUT2D eigenvalue weighted by Gasteiger charge is -2.18. The summed E-state index contributed by atoms with van der Waals surface area (Å²) in [7, 11) is -2.12. The average molecular weight is 283 g/mol. The van der Waals surface area contributed by atoms with Crippen LogP contribution in [0.25, 0.3) is 0 Å². The first kappa shape index (κ1) is 12.9. The molecule has 0 fully saturated rings. The molecular formula is C12H11ClN2O2S. The van der Waals surface area contributed by atoms with Crippen molar-refractivity contribution in [2.24, 2.45) is 0 Å². The molecule has 0 amide bonds. The van der Waals surface area contributed by atoms with Crippen LogP contribution in [0.5, 0.6) is 0 Å². The van der Waals surface area contributed by atoms with E-state index in [1.807, 2.05) is 0 Å². The van der Waals surface area contributed by atoms with E-state index in [9.17, 15) is 8.42 Å². The number of rotatable bonds is 3. The van der Waals surface area contributed by atoms with Crippen LogP contribution in [-0.4, -0.2) is 20.4 Å². The highest BCUT2D eigenvalue weighted by molar-refractivity contribution is 7.92. The van der Waals surface area contributed by atoms with Crippen LogP contribution in [0, 0.1) is 0 Å². The Hall–Kier alpha value is -1.59. The highest BCUT2D eigenvalue weighted by atomic mass is 35.5. The van der Waals surface area contributed by atoms with Gasteiger partial charge >= 0.3 is 0 Å². The lowest BCUT2D eigenvalue weighted by atomic mass is 10.4. The molecular weight excluding hydrogens is 272 g/mol. The van der Waals surface area contributed by atoms with E-state index in [0.717, 1.165) is 4.31 Å². The fourth-order valence-electron chi connectivity index (χ4n) is 1.43. The summed E-state index contributed by atoms with van der Waals surface area (Å²) in [4.78, 5) is 4.21. The van der Waals surface area contributed by atoms with E-state index >= 15 is 0 Å². The number of sulfonamides is 1. The monoisotopic (exact) mass is 282 g/mol. The van der Waals surface area contributed by atoms with Crippen molar-refractivity contribution in [1.29, 1.82) is 0 Å². The van der Waals surface area contributed by atoms with E-state index in [1.165, 1.54) is 13.2 Å². The smallest absolute Gasteiger partial charge is 0.253 e. The lowest BCUT2D eigenvalue weighted by Crippen LogP contribution is -2.27. The van der Waals surface area contributed by atoms with Gasteiger partial charge in [-0.1, -0.05) is 29.8 Å². The first-order chi connectivity index (χ1) is 8.51. The molecule has 0 aliphatic rings. The largest absolute Gasteiger partial charge is 0.265 e. The summed E-state index contributed by atoms with van der Waals surface area (Å²) < 4.78 is 25.7. The van der Waals surface area contributed by atoms with Crippen LogP contribution in [0.4, 0.5) is 5.82 Å². The first-order valence-corrected chi connectivity index (χ1v) is 6.99. The Balaban J connectivity index is 2.39. The fraction of sp³-hybridized carbons (Fsp3) is 0.0833. The molecule has 0 radical (unpaired) electrons. The van der Waals surface area contributed by atoms with Gasteiger partial charge in [-0.3, -0.25) is 4.31 Å². The molecule has 1 aromatic heterocycles. The van der Waals surface area contributed by atoms with Gasteiger partial charge in [-0.25, -0.2) is 13.4 Å². The van der Waals surface area contributed by atoms with Gasteiger partial charge in [0.2, 0.25) is 0 Å². The minimum absolute atomic E-state index is 0.226. The van der Waals surface area contributed by atoms with E-state index in [2.05, 4.69) is 4.98 Å². The van der Waals surface area contributed by atoms with Crippen LogP contribution in [0.2, 0.25) is 5.02 Å². The Morgan fingerprint density at radius 3 is 2.33 bits per heavy atom. The molecule has 0 bridgehead atoms. The number of hydrogen-bond donors (Lipinski definition) is 0. The third-order valence-electron chi connectivity index (χ3n) is 2.44. The summed E-state index contributed by atoms with van der Waals surface area (Å²) in [6.45, 7) is 0. The molecule has 4 nitrogen and oxygen atoms in total. The van der Waals surface area contributed by atoms with Gasteiger partial charge in [0.05, 0.1) is 9.92 Å². The lowest BCUT2D eigenvalue weighted by molar-refractivity contribution is 0.594. The molecule has 6 heteroatoms. The Morgan fingerprint density at radius 2 is 1.78 bits per heavy atom. The van der Waals surface area contributed by atoms with Crippen molar-refractivity contribution in [3.63, 3.8) is 0 Å². The van der Waals surface area contributed by atoms with E-state index in [-0.39, 0.29) is 4.90 Å². The highest BCUT2D eigenvalue weighted by Gasteiger charge is 2.21. The summed E-state index contributed by atoms with van der Waals surface area (Å²) in [5.74, 6) is 0.322. The zero-order valence-corrected chi connectivity index (χ0v) is 11.2. The molecule has 0 saturated heterocycles. The Kier molecular flexibility index (Phi) is 3.54. The molecule has 0 N–H and O–H groups in total. The van der Waals surface area contributed by atoms with Gasteiger partial charge in [-0.15, -0.1) is 0 Å². The Morgan fingerprint density at radius 1 is 1.11 bits per heavy atom. The molecule has 2 rings (SSSR count). The molecule has 0 saturated carbocycles. The summed E-state index contributed by atoms with van der Waals surface area (Å²) in [5, 5.41) is 0.462. The van der Waals surface area contributed by atoms with Crippen molar-refractivity contribution in [3.8, 4) is 0 Å². The summed E-state index contributed by atoms with van der Waals surface area (Å²) in [6.07, 6.45) is 1.41. The molecule has 0 aliphatic heterocycles. The average Bonchev–Trinajstić information content (AvgIpc) is 2.40. The third kappa shape index (κ3) is 2.47. The molecule has 0 unspecified atom stereocenters. The minimum atomic E-state index is -3.58. The van der Waals surface area contributed by atoms with Gasteiger partial charge in [0.1, 0.15) is 5.82 Å². The van der Waals surface area contributed by atoms with Crippen LogP contribution in [0.15, 0.2) is 53.6 Å².